The molecule has 0 saturated carbocycles. The van der Waals surface area contributed by atoms with Crippen molar-refractivity contribution < 1.29 is 14.3 Å². The van der Waals surface area contributed by atoms with E-state index in [4.69, 9.17) is 0 Å². The minimum Gasteiger partial charge on any atom is -0.478 e. The maximum Gasteiger partial charge on any atom is 0.336 e. The number of nitrogens with zero attached hydrogens (tertiary/aromatic N) is 2. The Morgan fingerprint density at radius 1 is 1.33 bits per heavy atom. The van der Waals surface area contributed by atoms with E-state index >= 15 is 0 Å². The summed E-state index contributed by atoms with van der Waals surface area (Å²) >= 11 is 0. The normalized spacial score (nSPS) is 26.8. The minimum atomic E-state index is -1.06. The highest BCUT2D eigenvalue weighted by Crippen LogP contribution is 2.29. The van der Waals surface area contributed by atoms with Gasteiger partial charge in [0.1, 0.15) is 5.82 Å². The van der Waals surface area contributed by atoms with Crippen molar-refractivity contribution in [2.45, 2.75) is 37.9 Å². The summed E-state index contributed by atoms with van der Waals surface area (Å²) in [5.74, 6) is -1.55. The van der Waals surface area contributed by atoms with Crippen molar-refractivity contribution in [2.75, 3.05) is 20.1 Å². The fourth-order valence-electron chi connectivity index (χ4n) is 3.65. The minimum absolute atomic E-state index is 0.0813. The van der Waals surface area contributed by atoms with E-state index in [9.17, 15) is 14.3 Å². The lowest BCUT2D eigenvalue weighted by molar-refractivity contribution is 0.0693. The summed E-state index contributed by atoms with van der Waals surface area (Å²) in [6.07, 6.45) is 3.61. The highest BCUT2D eigenvalue weighted by Gasteiger charge is 2.34. The lowest BCUT2D eigenvalue weighted by Crippen LogP contribution is -2.36. The van der Waals surface area contributed by atoms with Crippen LogP contribution < -0.4 is 0 Å². The SMILES string of the molecule is CN1C2CCC1CN(Cc1ccc(F)cc1C(=O)O)CC2. The van der Waals surface area contributed by atoms with Crippen molar-refractivity contribution in [1.82, 2.24) is 9.80 Å². The van der Waals surface area contributed by atoms with E-state index in [1.807, 2.05) is 0 Å². The van der Waals surface area contributed by atoms with E-state index in [0.29, 0.717) is 24.2 Å². The second-order valence-electron chi connectivity index (χ2n) is 6.18. The van der Waals surface area contributed by atoms with Crippen LogP contribution in [0.25, 0.3) is 0 Å². The van der Waals surface area contributed by atoms with E-state index in [1.54, 1.807) is 6.07 Å². The highest BCUT2D eigenvalue weighted by atomic mass is 19.1. The maximum absolute atomic E-state index is 13.2. The maximum atomic E-state index is 13.2. The predicted octanol–water partition coefficient (Wildman–Crippen LogP) is 2.19. The third-order valence-corrected chi connectivity index (χ3v) is 4.93. The van der Waals surface area contributed by atoms with Crippen molar-refractivity contribution in [3.05, 3.63) is 35.1 Å². The van der Waals surface area contributed by atoms with Gasteiger partial charge in [-0.3, -0.25) is 9.80 Å². The number of hydrogen-bond acceptors (Lipinski definition) is 3. The van der Waals surface area contributed by atoms with Gasteiger partial charge in [0.2, 0.25) is 0 Å². The number of hydrogen-bond donors (Lipinski definition) is 1. The monoisotopic (exact) mass is 292 g/mol. The summed E-state index contributed by atoms with van der Waals surface area (Å²) < 4.78 is 13.2. The van der Waals surface area contributed by atoms with Crippen LogP contribution in [-0.4, -0.2) is 53.1 Å². The van der Waals surface area contributed by atoms with Gasteiger partial charge in [-0.15, -0.1) is 0 Å². The first-order valence-electron chi connectivity index (χ1n) is 7.50. The zero-order valence-electron chi connectivity index (χ0n) is 12.3. The van der Waals surface area contributed by atoms with Gasteiger partial charge in [0.15, 0.2) is 0 Å². The van der Waals surface area contributed by atoms with Crippen LogP contribution >= 0.6 is 0 Å². The lowest BCUT2D eigenvalue weighted by Gasteiger charge is -2.26. The van der Waals surface area contributed by atoms with Crippen LogP contribution in [0.2, 0.25) is 0 Å². The van der Waals surface area contributed by atoms with Gasteiger partial charge < -0.3 is 5.11 Å². The second kappa shape index (κ2) is 5.73. The van der Waals surface area contributed by atoms with Gasteiger partial charge in [-0.05, 0) is 44.0 Å². The molecule has 2 saturated heterocycles. The second-order valence-corrected chi connectivity index (χ2v) is 6.18. The molecule has 0 spiro atoms. The Morgan fingerprint density at radius 2 is 2.10 bits per heavy atom. The quantitative estimate of drug-likeness (QED) is 0.927. The van der Waals surface area contributed by atoms with Crippen LogP contribution in [0, 0.1) is 5.82 Å². The van der Waals surface area contributed by atoms with E-state index in [0.717, 1.165) is 25.6 Å². The van der Waals surface area contributed by atoms with Crippen molar-refractivity contribution >= 4 is 5.97 Å². The number of aromatic carboxylic acids is 1. The number of carbonyl (C=O) groups is 1. The molecule has 0 amide bonds. The zero-order valence-corrected chi connectivity index (χ0v) is 12.3. The first-order chi connectivity index (χ1) is 10.0. The molecule has 3 rings (SSSR count). The molecule has 1 aromatic rings. The molecular weight excluding hydrogens is 271 g/mol. The summed E-state index contributed by atoms with van der Waals surface area (Å²) in [6.45, 7) is 2.52. The zero-order chi connectivity index (χ0) is 15.0. The van der Waals surface area contributed by atoms with Gasteiger partial charge in [-0.2, -0.15) is 0 Å². The first-order valence-corrected chi connectivity index (χ1v) is 7.50. The van der Waals surface area contributed by atoms with Crippen LogP contribution in [0.15, 0.2) is 18.2 Å². The Balaban J connectivity index is 1.76. The molecule has 114 valence electrons. The topological polar surface area (TPSA) is 43.8 Å². The Bertz CT molecular complexity index is 549. The van der Waals surface area contributed by atoms with Gasteiger partial charge in [0.05, 0.1) is 5.56 Å². The number of fused-ring (bicyclic) bond motifs is 2. The Kier molecular flexibility index (Phi) is 3.95. The van der Waals surface area contributed by atoms with E-state index < -0.39 is 11.8 Å². The molecule has 2 atom stereocenters. The molecule has 2 unspecified atom stereocenters. The summed E-state index contributed by atoms with van der Waals surface area (Å²) in [6, 6.07) is 5.29. The molecule has 2 aliphatic heterocycles. The highest BCUT2D eigenvalue weighted by molar-refractivity contribution is 5.89. The summed E-state index contributed by atoms with van der Waals surface area (Å²) in [7, 11) is 2.19. The Labute approximate surface area is 124 Å². The molecule has 0 aromatic heterocycles. The summed E-state index contributed by atoms with van der Waals surface area (Å²) in [4.78, 5) is 16.0. The predicted molar refractivity (Wildman–Crippen MR) is 77.8 cm³/mol. The van der Waals surface area contributed by atoms with Crippen molar-refractivity contribution in [2.24, 2.45) is 0 Å². The average molecular weight is 292 g/mol. The number of carboxylic acid groups (broad SMARTS) is 1. The largest absolute Gasteiger partial charge is 0.478 e. The van der Waals surface area contributed by atoms with Crippen LogP contribution in [0.3, 0.4) is 0 Å². The molecule has 0 radical (unpaired) electrons. The van der Waals surface area contributed by atoms with Crippen molar-refractivity contribution in [3.8, 4) is 0 Å². The van der Waals surface area contributed by atoms with Crippen LogP contribution in [0.4, 0.5) is 4.39 Å². The third-order valence-electron chi connectivity index (χ3n) is 4.93. The number of likely N-dealkylation sites (N-methyl/N-ethyl adjacent to an activating group) is 1. The van der Waals surface area contributed by atoms with Crippen LogP contribution in [0.5, 0.6) is 0 Å². The third kappa shape index (κ3) is 2.94. The summed E-state index contributed by atoms with van der Waals surface area (Å²) in [5.41, 5.74) is 0.780. The standard InChI is InChI=1S/C16H21FN2O2/c1-18-13-4-5-14(18)10-19(7-6-13)9-11-2-3-12(17)8-15(11)16(20)21/h2-3,8,13-14H,4-7,9-10H2,1H3,(H,20,21). The van der Waals surface area contributed by atoms with Crippen molar-refractivity contribution in [1.29, 1.82) is 0 Å². The van der Waals surface area contributed by atoms with E-state index in [2.05, 4.69) is 16.8 Å². The number of likely N-dealkylation sites (tertiary alicyclic amines) is 1. The number of carboxylic acids is 1. The van der Waals surface area contributed by atoms with Crippen molar-refractivity contribution in [3.63, 3.8) is 0 Å². The Morgan fingerprint density at radius 3 is 2.86 bits per heavy atom. The molecule has 4 nitrogen and oxygen atoms in total. The van der Waals surface area contributed by atoms with Gasteiger partial charge in [0, 0.05) is 31.7 Å². The van der Waals surface area contributed by atoms with E-state index in [-0.39, 0.29) is 5.56 Å². The first kappa shape index (κ1) is 14.5. The fourth-order valence-corrected chi connectivity index (χ4v) is 3.65. The van der Waals surface area contributed by atoms with Gasteiger partial charge in [0.25, 0.3) is 0 Å². The Hall–Kier alpha value is -1.46. The molecule has 1 aromatic carbocycles. The fraction of sp³-hybridized carbons (Fsp3) is 0.562. The van der Waals surface area contributed by atoms with Crippen LogP contribution in [0.1, 0.15) is 35.2 Å². The molecule has 5 heteroatoms. The van der Waals surface area contributed by atoms with Gasteiger partial charge in [-0.25, -0.2) is 9.18 Å². The molecule has 21 heavy (non-hydrogen) atoms. The van der Waals surface area contributed by atoms with E-state index in [1.165, 1.54) is 18.9 Å². The smallest absolute Gasteiger partial charge is 0.336 e. The molecule has 0 aliphatic carbocycles. The lowest BCUT2D eigenvalue weighted by atomic mass is 10.0. The average Bonchev–Trinajstić information content (AvgIpc) is 2.68. The number of benzene rings is 1. The number of rotatable bonds is 3. The molecular formula is C16H21FN2O2. The molecule has 2 bridgehead atoms. The summed E-state index contributed by atoms with van der Waals surface area (Å²) in [5, 5.41) is 9.23. The van der Waals surface area contributed by atoms with Crippen LogP contribution in [-0.2, 0) is 6.54 Å². The molecule has 1 N–H and O–H groups in total. The number of halogens is 1. The molecule has 2 heterocycles. The molecule has 2 fully saturated rings. The molecule has 2 aliphatic rings. The van der Waals surface area contributed by atoms with Gasteiger partial charge >= 0.3 is 5.97 Å². The van der Waals surface area contributed by atoms with Gasteiger partial charge in [-0.1, -0.05) is 6.07 Å².